The topological polar surface area (TPSA) is 55.3 Å². The van der Waals surface area contributed by atoms with Gasteiger partial charge in [0.1, 0.15) is 5.01 Å². The van der Waals surface area contributed by atoms with Crippen molar-refractivity contribution in [2.45, 2.75) is 19.4 Å². The van der Waals surface area contributed by atoms with Crippen LogP contribution in [0.3, 0.4) is 0 Å². The first kappa shape index (κ1) is 15.6. The highest BCUT2D eigenvalue weighted by molar-refractivity contribution is 7.09. The van der Waals surface area contributed by atoms with Crippen molar-refractivity contribution < 1.29 is 9.53 Å². The lowest BCUT2D eigenvalue weighted by molar-refractivity contribution is -0.129. The number of amides is 1. The van der Waals surface area contributed by atoms with Crippen LogP contribution in [0.4, 0.5) is 0 Å². The van der Waals surface area contributed by atoms with Gasteiger partial charge in [0.2, 0.25) is 5.91 Å². The number of nitrogens with zero attached hydrogens (tertiary/aromatic N) is 3. The maximum absolute atomic E-state index is 12.1. The summed E-state index contributed by atoms with van der Waals surface area (Å²) < 4.78 is 5.03. The van der Waals surface area contributed by atoms with Crippen molar-refractivity contribution >= 4 is 17.2 Å². The lowest BCUT2D eigenvalue weighted by Gasteiger charge is -2.16. The zero-order valence-corrected chi connectivity index (χ0v) is 13.1. The number of rotatable bonds is 7. The molecule has 0 spiro atoms. The maximum atomic E-state index is 12.1. The highest BCUT2D eigenvalue weighted by Crippen LogP contribution is 2.12. The second-order valence-corrected chi connectivity index (χ2v) is 5.71. The highest BCUT2D eigenvalue weighted by atomic mass is 32.1. The van der Waals surface area contributed by atoms with Crippen molar-refractivity contribution in [3.63, 3.8) is 0 Å². The molecule has 0 bridgehead atoms. The van der Waals surface area contributed by atoms with Gasteiger partial charge in [0.05, 0.1) is 18.7 Å². The Balaban J connectivity index is 1.81. The highest BCUT2D eigenvalue weighted by Gasteiger charge is 2.12. The third-order valence-electron chi connectivity index (χ3n) is 3.11. The van der Waals surface area contributed by atoms with Crippen molar-refractivity contribution in [3.8, 4) is 0 Å². The standard InChI is InChI=1S/C15H19N3O2S/c1-18(8-5-12-3-6-16-7-4-12)15(19)9-13-11-21-14(17-13)10-20-2/h3-4,6-7,11H,5,8-10H2,1-2H3. The number of aromatic nitrogens is 2. The molecule has 0 radical (unpaired) electrons. The summed E-state index contributed by atoms with van der Waals surface area (Å²) in [6.45, 7) is 1.19. The van der Waals surface area contributed by atoms with E-state index in [1.54, 1.807) is 24.4 Å². The van der Waals surface area contributed by atoms with Crippen molar-refractivity contribution in [2.24, 2.45) is 0 Å². The van der Waals surface area contributed by atoms with Crippen LogP contribution in [-0.4, -0.2) is 41.5 Å². The van der Waals surface area contributed by atoms with Crippen LogP contribution in [-0.2, 0) is 29.0 Å². The summed E-state index contributed by atoms with van der Waals surface area (Å²) in [6.07, 6.45) is 4.71. The Kier molecular flexibility index (Phi) is 5.83. The van der Waals surface area contributed by atoms with E-state index in [1.807, 2.05) is 24.6 Å². The molecule has 0 aromatic carbocycles. The molecule has 0 N–H and O–H groups in total. The number of methoxy groups -OCH3 is 1. The van der Waals surface area contributed by atoms with Crippen LogP contribution < -0.4 is 0 Å². The Labute approximate surface area is 128 Å². The fraction of sp³-hybridized carbons (Fsp3) is 0.400. The molecule has 0 atom stereocenters. The molecule has 0 saturated carbocycles. The minimum atomic E-state index is 0.0818. The molecule has 2 aromatic heterocycles. The fourth-order valence-electron chi connectivity index (χ4n) is 1.88. The number of hydrogen-bond acceptors (Lipinski definition) is 5. The Morgan fingerprint density at radius 3 is 2.86 bits per heavy atom. The summed E-state index contributed by atoms with van der Waals surface area (Å²) >= 11 is 1.52. The van der Waals surface area contributed by atoms with Gasteiger partial charge >= 0.3 is 0 Å². The number of hydrogen-bond donors (Lipinski definition) is 0. The smallest absolute Gasteiger partial charge is 0.228 e. The van der Waals surface area contributed by atoms with Crippen LogP contribution >= 0.6 is 11.3 Å². The molecule has 2 rings (SSSR count). The Morgan fingerprint density at radius 2 is 2.14 bits per heavy atom. The molecule has 0 aliphatic rings. The molecule has 5 nitrogen and oxygen atoms in total. The predicted octanol–water partition coefficient (Wildman–Crippen LogP) is 1.93. The average Bonchev–Trinajstić information content (AvgIpc) is 2.93. The molecule has 0 fully saturated rings. The summed E-state index contributed by atoms with van der Waals surface area (Å²) in [6, 6.07) is 3.94. The molecule has 21 heavy (non-hydrogen) atoms. The largest absolute Gasteiger partial charge is 0.378 e. The number of carbonyl (C=O) groups excluding carboxylic acids is 1. The van der Waals surface area contributed by atoms with Gasteiger partial charge in [0.15, 0.2) is 0 Å². The summed E-state index contributed by atoms with van der Waals surface area (Å²) in [5.41, 5.74) is 1.99. The van der Waals surface area contributed by atoms with Gasteiger partial charge in [-0.05, 0) is 24.1 Å². The third-order valence-corrected chi connectivity index (χ3v) is 3.98. The number of carbonyl (C=O) groups is 1. The van der Waals surface area contributed by atoms with Crippen LogP contribution in [0.25, 0.3) is 0 Å². The van der Waals surface area contributed by atoms with Crippen molar-refractivity contribution in [2.75, 3.05) is 20.7 Å². The van der Waals surface area contributed by atoms with Gasteiger partial charge in [0.25, 0.3) is 0 Å². The minimum absolute atomic E-state index is 0.0818. The van der Waals surface area contributed by atoms with E-state index in [1.165, 1.54) is 16.9 Å². The van der Waals surface area contributed by atoms with Crippen molar-refractivity contribution in [1.82, 2.24) is 14.9 Å². The molecule has 1 amide bonds. The molecule has 0 saturated heterocycles. The summed E-state index contributed by atoms with van der Waals surface area (Å²) in [7, 11) is 3.46. The quantitative estimate of drug-likeness (QED) is 0.784. The summed E-state index contributed by atoms with van der Waals surface area (Å²) in [5.74, 6) is 0.0818. The van der Waals surface area contributed by atoms with E-state index in [2.05, 4.69) is 9.97 Å². The van der Waals surface area contributed by atoms with Gasteiger partial charge in [-0.2, -0.15) is 0 Å². The maximum Gasteiger partial charge on any atom is 0.228 e. The first-order valence-corrected chi connectivity index (χ1v) is 7.62. The van der Waals surface area contributed by atoms with Crippen LogP contribution in [0.2, 0.25) is 0 Å². The van der Waals surface area contributed by atoms with E-state index in [0.29, 0.717) is 19.6 Å². The lowest BCUT2D eigenvalue weighted by Crippen LogP contribution is -2.30. The number of ether oxygens (including phenoxy) is 1. The lowest BCUT2D eigenvalue weighted by atomic mass is 10.2. The average molecular weight is 305 g/mol. The Hall–Kier alpha value is -1.79. The van der Waals surface area contributed by atoms with Gasteiger partial charge in [0, 0.05) is 38.5 Å². The molecular weight excluding hydrogens is 286 g/mol. The van der Waals surface area contributed by atoms with Gasteiger partial charge < -0.3 is 9.64 Å². The summed E-state index contributed by atoms with van der Waals surface area (Å²) in [4.78, 5) is 22.3. The first-order chi connectivity index (χ1) is 10.2. The van der Waals surface area contributed by atoms with E-state index in [0.717, 1.165) is 17.1 Å². The predicted molar refractivity (Wildman–Crippen MR) is 82.1 cm³/mol. The SMILES string of the molecule is COCc1nc(CC(=O)N(C)CCc2ccncc2)cs1. The van der Waals surface area contributed by atoms with Gasteiger partial charge in [-0.25, -0.2) is 4.98 Å². The van der Waals surface area contributed by atoms with E-state index in [9.17, 15) is 4.79 Å². The van der Waals surface area contributed by atoms with Crippen LogP contribution in [0, 0.1) is 0 Å². The number of pyridine rings is 1. The van der Waals surface area contributed by atoms with E-state index < -0.39 is 0 Å². The molecule has 0 aliphatic carbocycles. The molecule has 2 aromatic rings. The zero-order chi connectivity index (χ0) is 15.1. The number of likely N-dealkylation sites (N-methyl/N-ethyl adjacent to an activating group) is 1. The van der Waals surface area contributed by atoms with Gasteiger partial charge in [-0.1, -0.05) is 0 Å². The van der Waals surface area contributed by atoms with E-state index in [-0.39, 0.29) is 5.91 Å². The molecule has 0 unspecified atom stereocenters. The van der Waals surface area contributed by atoms with Crippen molar-refractivity contribution in [1.29, 1.82) is 0 Å². The van der Waals surface area contributed by atoms with Crippen LogP contribution in [0.5, 0.6) is 0 Å². The van der Waals surface area contributed by atoms with Gasteiger partial charge in [-0.3, -0.25) is 9.78 Å². The van der Waals surface area contributed by atoms with Crippen LogP contribution in [0.15, 0.2) is 29.9 Å². The zero-order valence-electron chi connectivity index (χ0n) is 12.3. The van der Waals surface area contributed by atoms with E-state index in [4.69, 9.17) is 4.74 Å². The summed E-state index contributed by atoms with van der Waals surface area (Å²) in [5, 5.41) is 2.82. The normalized spacial score (nSPS) is 10.6. The second kappa shape index (κ2) is 7.85. The van der Waals surface area contributed by atoms with Gasteiger partial charge in [-0.15, -0.1) is 11.3 Å². The Bertz CT molecular complexity index is 571. The van der Waals surface area contributed by atoms with Crippen LogP contribution in [0.1, 0.15) is 16.3 Å². The second-order valence-electron chi connectivity index (χ2n) is 4.76. The first-order valence-electron chi connectivity index (χ1n) is 6.74. The minimum Gasteiger partial charge on any atom is -0.378 e. The van der Waals surface area contributed by atoms with Crippen molar-refractivity contribution in [3.05, 3.63) is 46.2 Å². The molecule has 0 aliphatic heterocycles. The fourth-order valence-corrected chi connectivity index (χ4v) is 2.64. The molecule has 2 heterocycles. The third kappa shape index (κ3) is 4.91. The molecular formula is C15H19N3O2S. The Morgan fingerprint density at radius 1 is 1.38 bits per heavy atom. The molecule has 6 heteroatoms. The monoisotopic (exact) mass is 305 g/mol. The molecule has 112 valence electrons. The number of thiazole rings is 1. The van der Waals surface area contributed by atoms with E-state index >= 15 is 0 Å².